The van der Waals surface area contributed by atoms with E-state index in [-0.39, 0.29) is 12.5 Å². The lowest BCUT2D eigenvalue weighted by atomic mass is 10.2. The summed E-state index contributed by atoms with van der Waals surface area (Å²) < 4.78 is 4.79. The Morgan fingerprint density at radius 3 is 2.65 bits per heavy atom. The quantitative estimate of drug-likeness (QED) is 0.358. The zero-order chi connectivity index (χ0) is 13.1. The Bertz CT molecular complexity index is 234. The highest BCUT2D eigenvalue weighted by molar-refractivity contribution is 5.78. The summed E-state index contributed by atoms with van der Waals surface area (Å²) in [6, 6.07) is 0. The van der Waals surface area contributed by atoms with Crippen LogP contribution in [0.5, 0.6) is 0 Å². The van der Waals surface area contributed by atoms with E-state index in [1.165, 1.54) is 0 Å². The Balaban J connectivity index is 3.24. The van der Waals surface area contributed by atoms with Gasteiger partial charge in [0.05, 0.1) is 6.61 Å². The van der Waals surface area contributed by atoms with E-state index in [2.05, 4.69) is 5.32 Å². The SMILES string of the molecule is CCOC(=O)CCCCCNCC(O)C(N)=O. The summed E-state index contributed by atoms with van der Waals surface area (Å²) in [5, 5.41) is 12.0. The van der Waals surface area contributed by atoms with Crippen LogP contribution in [0.15, 0.2) is 0 Å². The largest absolute Gasteiger partial charge is 0.466 e. The number of esters is 1. The van der Waals surface area contributed by atoms with Crippen molar-refractivity contribution in [3.05, 3.63) is 0 Å². The first-order valence-electron chi connectivity index (χ1n) is 5.91. The number of rotatable bonds is 10. The van der Waals surface area contributed by atoms with E-state index >= 15 is 0 Å². The van der Waals surface area contributed by atoms with Crippen LogP contribution < -0.4 is 11.1 Å². The van der Waals surface area contributed by atoms with Crippen molar-refractivity contribution in [1.82, 2.24) is 5.32 Å². The highest BCUT2D eigenvalue weighted by Crippen LogP contribution is 2.00. The molecule has 6 heteroatoms. The number of hydrogen-bond acceptors (Lipinski definition) is 5. The minimum Gasteiger partial charge on any atom is -0.466 e. The number of unbranched alkanes of at least 4 members (excludes halogenated alkanes) is 2. The van der Waals surface area contributed by atoms with E-state index in [1.807, 2.05) is 0 Å². The molecule has 0 heterocycles. The number of nitrogens with one attached hydrogen (secondary N) is 1. The summed E-state index contributed by atoms with van der Waals surface area (Å²) in [5.41, 5.74) is 4.88. The first-order valence-corrected chi connectivity index (χ1v) is 5.91. The van der Waals surface area contributed by atoms with Gasteiger partial charge < -0.3 is 20.9 Å². The minimum atomic E-state index is -1.13. The van der Waals surface area contributed by atoms with Gasteiger partial charge in [-0.3, -0.25) is 9.59 Å². The number of amides is 1. The Kier molecular flexibility index (Phi) is 9.37. The van der Waals surface area contributed by atoms with Gasteiger partial charge in [-0.15, -0.1) is 0 Å². The van der Waals surface area contributed by atoms with Crippen molar-refractivity contribution in [3.8, 4) is 0 Å². The Morgan fingerprint density at radius 1 is 1.35 bits per heavy atom. The summed E-state index contributed by atoms with van der Waals surface area (Å²) in [6.07, 6.45) is 1.88. The Labute approximate surface area is 102 Å². The predicted molar refractivity (Wildman–Crippen MR) is 63.2 cm³/mol. The molecule has 1 amide bonds. The lowest BCUT2D eigenvalue weighted by molar-refractivity contribution is -0.143. The molecule has 0 aromatic carbocycles. The fraction of sp³-hybridized carbons (Fsp3) is 0.818. The van der Waals surface area contributed by atoms with E-state index in [0.29, 0.717) is 19.6 Å². The van der Waals surface area contributed by atoms with Gasteiger partial charge in [0.15, 0.2) is 0 Å². The second-order valence-electron chi connectivity index (χ2n) is 3.74. The number of aliphatic hydroxyl groups excluding tert-OH is 1. The standard InChI is InChI=1S/C11H22N2O4/c1-2-17-10(15)6-4-3-5-7-13-8-9(14)11(12)16/h9,13-14H,2-8H2,1H3,(H2,12,16). The predicted octanol–water partition coefficient (Wildman–Crippen LogP) is -0.454. The molecule has 0 saturated heterocycles. The molecule has 1 unspecified atom stereocenters. The van der Waals surface area contributed by atoms with E-state index in [9.17, 15) is 9.59 Å². The van der Waals surface area contributed by atoms with Crippen LogP contribution in [0.3, 0.4) is 0 Å². The smallest absolute Gasteiger partial charge is 0.305 e. The van der Waals surface area contributed by atoms with E-state index < -0.39 is 12.0 Å². The molecule has 0 aliphatic carbocycles. The Morgan fingerprint density at radius 2 is 2.06 bits per heavy atom. The third-order valence-corrected chi connectivity index (χ3v) is 2.21. The van der Waals surface area contributed by atoms with Crippen LogP contribution in [-0.2, 0) is 14.3 Å². The van der Waals surface area contributed by atoms with Crippen LogP contribution in [0, 0.1) is 0 Å². The monoisotopic (exact) mass is 246 g/mol. The van der Waals surface area contributed by atoms with Crippen molar-refractivity contribution in [2.24, 2.45) is 5.73 Å². The third kappa shape index (κ3) is 9.77. The number of carbonyl (C=O) groups excluding carboxylic acids is 2. The van der Waals surface area contributed by atoms with Gasteiger partial charge in [-0.25, -0.2) is 0 Å². The zero-order valence-corrected chi connectivity index (χ0v) is 10.3. The molecule has 100 valence electrons. The minimum absolute atomic E-state index is 0.162. The molecule has 0 aromatic heterocycles. The van der Waals surface area contributed by atoms with E-state index in [0.717, 1.165) is 19.3 Å². The molecule has 0 spiro atoms. The summed E-state index contributed by atoms with van der Waals surface area (Å²) in [4.78, 5) is 21.5. The number of carbonyl (C=O) groups is 2. The second-order valence-corrected chi connectivity index (χ2v) is 3.74. The van der Waals surface area contributed by atoms with Crippen LogP contribution in [0.4, 0.5) is 0 Å². The maximum Gasteiger partial charge on any atom is 0.305 e. The summed E-state index contributed by atoms with van der Waals surface area (Å²) in [5.74, 6) is -0.885. The van der Waals surface area contributed by atoms with Crippen LogP contribution in [-0.4, -0.2) is 42.8 Å². The maximum absolute atomic E-state index is 11.0. The first kappa shape index (κ1) is 15.9. The molecule has 0 bridgehead atoms. The number of hydrogen-bond donors (Lipinski definition) is 3. The van der Waals surface area contributed by atoms with Gasteiger partial charge in [0.25, 0.3) is 0 Å². The van der Waals surface area contributed by atoms with E-state index in [4.69, 9.17) is 15.6 Å². The molecule has 0 rings (SSSR count). The van der Waals surface area contributed by atoms with Crippen molar-refractivity contribution >= 4 is 11.9 Å². The number of ether oxygens (including phenoxy) is 1. The Hall–Kier alpha value is -1.14. The fourth-order valence-corrected chi connectivity index (χ4v) is 1.27. The summed E-state index contributed by atoms with van der Waals surface area (Å²) in [7, 11) is 0. The molecule has 0 fully saturated rings. The number of primary amides is 1. The molecule has 0 aromatic rings. The number of aliphatic hydroxyl groups is 1. The molecular weight excluding hydrogens is 224 g/mol. The van der Waals surface area contributed by atoms with Crippen molar-refractivity contribution < 1.29 is 19.4 Å². The van der Waals surface area contributed by atoms with Gasteiger partial charge in [-0.05, 0) is 26.3 Å². The highest BCUT2D eigenvalue weighted by Gasteiger charge is 2.08. The summed E-state index contributed by atoms with van der Waals surface area (Å²) in [6.45, 7) is 3.07. The lowest BCUT2D eigenvalue weighted by Crippen LogP contribution is -2.37. The highest BCUT2D eigenvalue weighted by atomic mass is 16.5. The van der Waals surface area contributed by atoms with Gasteiger partial charge in [0.1, 0.15) is 6.10 Å². The topological polar surface area (TPSA) is 102 Å². The summed E-state index contributed by atoms with van der Waals surface area (Å²) >= 11 is 0. The normalized spacial score (nSPS) is 12.1. The molecule has 0 saturated carbocycles. The van der Waals surface area contributed by atoms with Gasteiger partial charge in [-0.1, -0.05) is 6.42 Å². The molecule has 17 heavy (non-hydrogen) atoms. The van der Waals surface area contributed by atoms with Gasteiger partial charge in [-0.2, -0.15) is 0 Å². The number of nitrogens with two attached hydrogens (primary N) is 1. The molecule has 6 nitrogen and oxygen atoms in total. The van der Waals surface area contributed by atoms with Crippen molar-refractivity contribution in [2.75, 3.05) is 19.7 Å². The van der Waals surface area contributed by atoms with Crippen LogP contribution in [0.25, 0.3) is 0 Å². The second kappa shape index (κ2) is 10.0. The average molecular weight is 246 g/mol. The molecule has 4 N–H and O–H groups in total. The van der Waals surface area contributed by atoms with Gasteiger partial charge in [0, 0.05) is 13.0 Å². The molecule has 0 aliphatic heterocycles. The van der Waals surface area contributed by atoms with Crippen LogP contribution in [0.1, 0.15) is 32.6 Å². The third-order valence-electron chi connectivity index (χ3n) is 2.21. The lowest BCUT2D eigenvalue weighted by Gasteiger charge is -2.07. The average Bonchev–Trinajstić information content (AvgIpc) is 2.27. The maximum atomic E-state index is 11.0. The van der Waals surface area contributed by atoms with Gasteiger partial charge in [0.2, 0.25) is 5.91 Å². The van der Waals surface area contributed by atoms with Crippen molar-refractivity contribution in [1.29, 1.82) is 0 Å². The van der Waals surface area contributed by atoms with Crippen molar-refractivity contribution in [3.63, 3.8) is 0 Å². The molecule has 1 atom stereocenters. The van der Waals surface area contributed by atoms with Crippen LogP contribution >= 0.6 is 0 Å². The van der Waals surface area contributed by atoms with Gasteiger partial charge >= 0.3 is 5.97 Å². The first-order chi connectivity index (χ1) is 8.07. The molecule has 0 radical (unpaired) electrons. The van der Waals surface area contributed by atoms with Crippen LogP contribution in [0.2, 0.25) is 0 Å². The fourth-order valence-electron chi connectivity index (χ4n) is 1.27. The van der Waals surface area contributed by atoms with Crippen molar-refractivity contribution in [2.45, 2.75) is 38.7 Å². The van der Waals surface area contributed by atoms with E-state index in [1.54, 1.807) is 6.92 Å². The molecular formula is C11H22N2O4. The molecule has 0 aliphatic rings. The zero-order valence-electron chi connectivity index (χ0n) is 10.3.